The minimum absolute atomic E-state index is 0.0656. The molecule has 0 N–H and O–H groups in total. The van der Waals surface area contributed by atoms with Crippen molar-refractivity contribution in [1.82, 2.24) is 14.0 Å². The van der Waals surface area contributed by atoms with Crippen LogP contribution < -0.4 is 15.2 Å². The second-order valence-corrected chi connectivity index (χ2v) is 10.2. The van der Waals surface area contributed by atoms with Crippen molar-refractivity contribution in [3.05, 3.63) is 58.5 Å². The maximum atomic E-state index is 13.3. The van der Waals surface area contributed by atoms with Crippen molar-refractivity contribution < 1.29 is 19.0 Å². The summed E-state index contributed by atoms with van der Waals surface area (Å²) in [5, 5.41) is 0. The zero-order valence-electron chi connectivity index (χ0n) is 22.6. The third-order valence-corrected chi connectivity index (χ3v) is 7.34. The second-order valence-electron chi connectivity index (χ2n) is 10.2. The molecule has 1 fully saturated rings. The van der Waals surface area contributed by atoms with Gasteiger partial charge < -0.3 is 19.1 Å². The Labute approximate surface area is 218 Å². The summed E-state index contributed by atoms with van der Waals surface area (Å²) in [5.41, 5.74) is 2.66. The molecule has 0 spiro atoms. The van der Waals surface area contributed by atoms with Crippen LogP contribution in [0.3, 0.4) is 0 Å². The van der Waals surface area contributed by atoms with Gasteiger partial charge in [-0.05, 0) is 55.9 Å². The van der Waals surface area contributed by atoms with Crippen LogP contribution in [0.5, 0.6) is 11.5 Å². The van der Waals surface area contributed by atoms with Crippen LogP contribution in [0.1, 0.15) is 51.6 Å². The minimum Gasteiger partial charge on any atom is -0.497 e. The molecule has 200 valence electrons. The number of hydrogen-bond acceptors (Lipinski definition) is 6. The molecule has 37 heavy (non-hydrogen) atoms. The van der Waals surface area contributed by atoms with Crippen LogP contribution in [0.4, 0.5) is 0 Å². The first-order chi connectivity index (χ1) is 17.8. The van der Waals surface area contributed by atoms with E-state index in [0.717, 1.165) is 67.0 Å². The van der Waals surface area contributed by atoms with Crippen LogP contribution in [-0.2, 0) is 16.3 Å². The lowest BCUT2D eigenvalue weighted by Crippen LogP contribution is -2.40. The molecule has 2 aromatic carbocycles. The summed E-state index contributed by atoms with van der Waals surface area (Å²) in [4.78, 5) is 27.1. The Morgan fingerprint density at radius 2 is 1.78 bits per heavy atom. The van der Waals surface area contributed by atoms with Crippen molar-refractivity contribution in [2.24, 2.45) is 5.92 Å². The molecule has 8 nitrogen and oxygen atoms in total. The topological polar surface area (TPSA) is 74.9 Å². The number of nitrogens with zero attached hydrogens (tertiary/aromatic N) is 3. The molecular formula is C29H39N3O5. The molecule has 3 aromatic rings. The number of para-hydroxylation sites is 2. The first kappa shape index (κ1) is 26.8. The first-order valence-electron chi connectivity index (χ1n) is 13.1. The number of benzene rings is 2. The minimum atomic E-state index is -0.401. The number of aromatic nitrogens is 2. The molecule has 0 radical (unpaired) electrons. The largest absolute Gasteiger partial charge is 0.497 e. The number of carbonyl (C=O) groups excluding carboxylic acids is 1. The van der Waals surface area contributed by atoms with Crippen molar-refractivity contribution in [3.63, 3.8) is 0 Å². The van der Waals surface area contributed by atoms with E-state index in [-0.39, 0.29) is 24.6 Å². The Balaban J connectivity index is 1.40. The van der Waals surface area contributed by atoms with E-state index in [1.807, 2.05) is 47.0 Å². The zero-order chi connectivity index (χ0) is 26.5. The molecule has 1 saturated heterocycles. The van der Waals surface area contributed by atoms with Gasteiger partial charge in [0.2, 0.25) is 0 Å². The fraction of sp³-hybridized carbons (Fsp3) is 0.517. The standard InChI is InChI=1S/C29H39N3O5/c1-20(2)27(37-28-18-24(35-5)11-10-21(28)3)14-17-30-15-12-23(13-16-30)32-26-9-7-6-8-25(26)31(29(32)34)19-36-22(4)33/h6-11,18,20,23,27H,12-17,19H2,1-5H3. The van der Waals surface area contributed by atoms with Crippen LogP contribution in [0, 0.1) is 12.8 Å². The molecular weight excluding hydrogens is 470 g/mol. The molecule has 1 aliphatic rings. The Morgan fingerprint density at radius 1 is 1.08 bits per heavy atom. The van der Waals surface area contributed by atoms with Crippen molar-refractivity contribution >= 4 is 17.0 Å². The number of carbonyl (C=O) groups is 1. The maximum Gasteiger partial charge on any atom is 0.332 e. The number of rotatable bonds is 10. The molecule has 2 heterocycles. The molecule has 4 rings (SSSR count). The first-order valence-corrected chi connectivity index (χ1v) is 13.1. The van der Waals surface area contributed by atoms with Gasteiger partial charge in [-0.3, -0.25) is 13.9 Å². The highest BCUT2D eigenvalue weighted by molar-refractivity contribution is 5.76. The Bertz CT molecular complexity index is 1270. The van der Waals surface area contributed by atoms with Gasteiger partial charge in [0.1, 0.15) is 17.6 Å². The molecule has 0 saturated carbocycles. The number of hydrogen-bond donors (Lipinski definition) is 0. The van der Waals surface area contributed by atoms with Crippen LogP contribution in [0.2, 0.25) is 0 Å². The van der Waals surface area contributed by atoms with Gasteiger partial charge >= 0.3 is 11.7 Å². The predicted octanol–water partition coefficient (Wildman–Crippen LogP) is 4.77. The van der Waals surface area contributed by atoms with E-state index >= 15 is 0 Å². The highest BCUT2D eigenvalue weighted by atomic mass is 16.5. The fourth-order valence-corrected chi connectivity index (χ4v) is 5.10. The van der Waals surface area contributed by atoms with Gasteiger partial charge in [0, 0.05) is 38.7 Å². The summed E-state index contributed by atoms with van der Waals surface area (Å²) in [6.45, 7) is 10.5. The summed E-state index contributed by atoms with van der Waals surface area (Å²) in [6.07, 6.45) is 2.82. The van der Waals surface area contributed by atoms with Gasteiger partial charge in [-0.1, -0.05) is 32.0 Å². The molecule has 0 bridgehead atoms. The van der Waals surface area contributed by atoms with Gasteiger partial charge in [0.25, 0.3) is 0 Å². The number of esters is 1. The maximum absolute atomic E-state index is 13.3. The third-order valence-electron chi connectivity index (χ3n) is 7.34. The number of fused-ring (bicyclic) bond motifs is 1. The number of methoxy groups -OCH3 is 1. The van der Waals surface area contributed by atoms with Gasteiger partial charge in [0.15, 0.2) is 6.73 Å². The van der Waals surface area contributed by atoms with Crippen LogP contribution >= 0.6 is 0 Å². The lowest BCUT2D eigenvalue weighted by molar-refractivity contribution is -0.144. The van der Waals surface area contributed by atoms with Crippen molar-refractivity contribution in [2.75, 3.05) is 26.7 Å². The molecule has 0 amide bonds. The highest BCUT2D eigenvalue weighted by Gasteiger charge is 2.26. The van der Waals surface area contributed by atoms with Crippen LogP contribution in [0.25, 0.3) is 11.0 Å². The van der Waals surface area contributed by atoms with E-state index in [1.54, 1.807) is 11.7 Å². The van der Waals surface area contributed by atoms with E-state index in [0.29, 0.717) is 5.92 Å². The normalized spacial score (nSPS) is 15.7. The highest BCUT2D eigenvalue weighted by Crippen LogP contribution is 2.29. The van der Waals surface area contributed by atoms with Gasteiger partial charge in [-0.25, -0.2) is 4.79 Å². The van der Waals surface area contributed by atoms with Gasteiger partial charge in [-0.15, -0.1) is 0 Å². The number of imidazole rings is 1. The van der Waals surface area contributed by atoms with Crippen molar-refractivity contribution in [2.45, 2.75) is 65.8 Å². The molecule has 8 heteroatoms. The molecule has 1 aromatic heterocycles. The molecule has 1 aliphatic heterocycles. The summed E-state index contributed by atoms with van der Waals surface area (Å²) in [6, 6.07) is 13.8. The average molecular weight is 510 g/mol. The summed E-state index contributed by atoms with van der Waals surface area (Å²) in [7, 11) is 1.67. The molecule has 0 aliphatic carbocycles. The number of ether oxygens (including phenoxy) is 3. The van der Waals surface area contributed by atoms with E-state index in [1.165, 1.54) is 6.92 Å². The average Bonchev–Trinajstić information content (AvgIpc) is 3.17. The summed E-state index contributed by atoms with van der Waals surface area (Å²) < 4.78 is 20.4. The van der Waals surface area contributed by atoms with Crippen LogP contribution in [0.15, 0.2) is 47.3 Å². The molecule has 1 atom stereocenters. The van der Waals surface area contributed by atoms with E-state index < -0.39 is 5.97 Å². The second kappa shape index (κ2) is 11.9. The monoisotopic (exact) mass is 509 g/mol. The Hall–Kier alpha value is -3.26. The summed E-state index contributed by atoms with van der Waals surface area (Å²) >= 11 is 0. The van der Waals surface area contributed by atoms with E-state index in [4.69, 9.17) is 14.2 Å². The van der Waals surface area contributed by atoms with E-state index in [2.05, 4.69) is 25.7 Å². The Morgan fingerprint density at radius 3 is 2.43 bits per heavy atom. The Kier molecular flexibility index (Phi) is 8.59. The van der Waals surface area contributed by atoms with Crippen molar-refractivity contribution in [1.29, 1.82) is 0 Å². The smallest absolute Gasteiger partial charge is 0.332 e. The quantitative estimate of drug-likeness (QED) is 0.367. The van der Waals surface area contributed by atoms with E-state index in [9.17, 15) is 9.59 Å². The van der Waals surface area contributed by atoms with Crippen LogP contribution in [-0.4, -0.2) is 52.9 Å². The SMILES string of the molecule is COc1ccc(C)c(OC(CCN2CCC(n3c(=O)n(COC(C)=O)c4ccccc43)CC2)C(C)C)c1. The van der Waals surface area contributed by atoms with Gasteiger partial charge in [-0.2, -0.15) is 0 Å². The van der Waals surface area contributed by atoms with Crippen molar-refractivity contribution in [3.8, 4) is 11.5 Å². The predicted molar refractivity (Wildman–Crippen MR) is 144 cm³/mol. The zero-order valence-corrected chi connectivity index (χ0v) is 22.6. The molecule has 1 unspecified atom stereocenters. The van der Waals surface area contributed by atoms with Gasteiger partial charge in [0.05, 0.1) is 18.1 Å². The third kappa shape index (κ3) is 6.18. The lowest BCUT2D eigenvalue weighted by Gasteiger charge is -2.34. The summed E-state index contributed by atoms with van der Waals surface area (Å²) in [5.74, 6) is 1.66. The fourth-order valence-electron chi connectivity index (χ4n) is 5.10. The lowest BCUT2D eigenvalue weighted by atomic mass is 10.0. The number of aryl methyl sites for hydroxylation is 1. The number of piperidine rings is 1. The number of likely N-dealkylation sites (tertiary alicyclic amines) is 1.